The van der Waals surface area contributed by atoms with Crippen molar-refractivity contribution >= 4 is 29.2 Å². The summed E-state index contributed by atoms with van der Waals surface area (Å²) in [6, 6.07) is 9.35. The number of thioether (sulfide) groups is 1. The maximum atomic E-state index is 7.41. The molecule has 2 rings (SSSR count). The smallest absolute Gasteiger partial charge is 0.188 e. The number of nitrogen functional groups attached to an aromatic ring is 1. The van der Waals surface area contributed by atoms with E-state index in [1.807, 2.05) is 31.2 Å². The lowest BCUT2D eigenvalue weighted by Gasteiger charge is -2.04. The van der Waals surface area contributed by atoms with Crippen molar-refractivity contribution in [1.29, 1.82) is 5.41 Å². The molecule has 2 aromatic rings. The third-order valence-electron chi connectivity index (χ3n) is 2.39. The van der Waals surface area contributed by atoms with E-state index in [4.69, 9.17) is 22.7 Å². The van der Waals surface area contributed by atoms with Gasteiger partial charge in [-0.05, 0) is 30.7 Å². The van der Waals surface area contributed by atoms with Gasteiger partial charge in [0.15, 0.2) is 5.16 Å². The lowest BCUT2D eigenvalue weighted by Crippen LogP contribution is -2.14. The predicted octanol–water partition coefficient (Wildman–Crippen LogP) is 3.01. The highest BCUT2D eigenvalue weighted by Crippen LogP contribution is 2.21. The first-order valence-corrected chi connectivity index (χ1v) is 6.98. The Morgan fingerprint density at radius 3 is 2.63 bits per heavy atom. The lowest BCUT2D eigenvalue weighted by molar-refractivity contribution is 0.921. The summed E-state index contributed by atoms with van der Waals surface area (Å²) >= 11 is 7.34. The maximum absolute atomic E-state index is 7.41. The minimum absolute atomic E-state index is 0.0427. The van der Waals surface area contributed by atoms with Crippen LogP contribution in [-0.2, 0) is 5.75 Å². The summed E-state index contributed by atoms with van der Waals surface area (Å²) in [5, 5.41) is 8.76. The molecule has 6 heteroatoms. The number of benzene rings is 1. The zero-order chi connectivity index (χ0) is 13.8. The van der Waals surface area contributed by atoms with Gasteiger partial charge in [-0.3, -0.25) is 5.41 Å². The van der Waals surface area contributed by atoms with Crippen LogP contribution in [0.3, 0.4) is 0 Å². The number of nitrogens with zero attached hydrogens (tertiary/aromatic N) is 2. The van der Waals surface area contributed by atoms with Gasteiger partial charge in [-0.1, -0.05) is 35.5 Å². The van der Waals surface area contributed by atoms with Crippen LogP contribution in [0.2, 0.25) is 5.02 Å². The van der Waals surface area contributed by atoms with E-state index in [1.165, 1.54) is 11.8 Å². The van der Waals surface area contributed by atoms with Crippen molar-refractivity contribution in [2.45, 2.75) is 17.8 Å². The zero-order valence-electron chi connectivity index (χ0n) is 10.4. The van der Waals surface area contributed by atoms with Gasteiger partial charge in [-0.15, -0.1) is 0 Å². The van der Waals surface area contributed by atoms with Crippen LogP contribution in [0.5, 0.6) is 0 Å². The highest BCUT2D eigenvalue weighted by Gasteiger charge is 2.05. The fourth-order valence-corrected chi connectivity index (χ4v) is 2.46. The molecule has 19 heavy (non-hydrogen) atoms. The molecule has 3 N–H and O–H groups in total. The Bertz CT molecular complexity index is 598. The van der Waals surface area contributed by atoms with Crippen LogP contribution < -0.4 is 5.73 Å². The van der Waals surface area contributed by atoms with Crippen LogP contribution in [0.1, 0.15) is 17.0 Å². The standard InChI is InChI=1S/C13H13ClN4S/c1-8-6-11(12(15)16)18-13(17-8)19-7-9-2-4-10(14)5-3-9/h2-6H,7H2,1H3,(H3,15,16). The highest BCUT2D eigenvalue weighted by atomic mass is 35.5. The molecule has 0 saturated carbocycles. The molecule has 0 aliphatic rings. The normalized spacial score (nSPS) is 10.4. The van der Waals surface area contributed by atoms with Gasteiger partial charge in [0, 0.05) is 16.5 Å². The van der Waals surface area contributed by atoms with Gasteiger partial charge in [0.1, 0.15) is 11.5 Å². The van der Waals surface area contributed by atoms with Crippen molar-refractivity contribution in [3.05, 3.63) is 52.3 Å². The number of nitrogens with one attached hydrogen (secondary N) is 1. The van der Waals surface area contributed by atoms with Crippen molar-refractivity contribution < 1.29 is 0 Å². The molecule has 98 valence electrons. The van der Waals surface area contributed by atoms with Crippen molar-refractivity contribution in [3.8, 4) is 0 Å². The summed E-state index contributed by atoms with van der Waals surface area (Å²) in [5.41, 5.74) is 7.86. The van der Waals surface area contributed by atoms with Gasteiger partial charge in [0.05, 0.1) is 0 Å². The molecule has 0 spiro atoms. The first-order valence-electron chi connectivity index (χ1n) is 5.62. The van der Waals surface area contributed by atoms with Crippen LogP contribution in [-0.4, -0.2) is 15.8 Å². The zero-order valence-corrected chi connectivity index (χ0v) is 11.9. The van der Waals surface area contributed by atoms with E-state index in [0.717, 1.165) is 22.0 Å². The van der Waals surface area contributed by atoms with Crippen LogP contribution in [0.15, 0.2) is 35.5 Å². The van der Waals surface area contributed by atoms with Gasteiger partial charge >= 0.3 is 0 Å². The Kier molecular flexibility index (Phi) is 4.39. The molecule has 0 aliphatic heterocycles. The predicted molar refractivity (Wildman–Crippen MR) is 78.8 cm³/mol. The van der Waals surface area contributed by atoms with Gasteiger partial charge in [0.25, 0.3) is 0 Å². The number of halogens is 1. The first-order chi connectivity index (χ1) is 9.04. The second kappa shape index (κ2) is 6.04. The maximum Gasteiger partial charge on any atom is 0.188 e. The van der Waals surface area contributed by atoms with Crippen LogP contribution in [0, 0.1) is 12.3 Å². The van der Waals surface area contributed by atoms with Crippen molar-refractivity contribution in [2.75, 3.05) is 0 Å². The summed E-state index contributed by atoms with van der Waals surface area (Å²) in [6.45, 7) is 1.86. The molecule has 0 bridgehead atoms. The van der Waals surface area contributed by atoms with Crippen LogP contribution in [0.25, 0.3) is 0 Å². The van der Waals surface area contributed by atoms with E-state index in [9.17, 15) is 0 Å². The van der Waals surface area contributed by atoms with Crippen molar-refractivity contribution in [3.63, 3.8) is 0 Å². The molecular formula is C13H13ClN4S. The van der Waals surface area contributed by atoms with E-state index in [1.54, 1.807) is 6.07 Å². The van der Waals surface area contributed by atoms with E-state index in [0.29, 0.717) is 10.9 Å². The van der Waals surface area contributed by atoms with E-state index < -0.39 is 0 Å². The van der Waals surface area contributed by atoms with Gasteiger partial charge in [0.2, 0.25) is 0 Å². The Labute approximate surface area is 120 Å². The van der Waals surface area contributed by atoms with Gasteiger partial charge in [-0.25, -0.2) is 9.97 Å². The fraction of sp³-hybridized carbons (Fsp3) is 0.154. The van der Waals surface area contributed by atoms with Crippen molar-refractivity contribution in [2.24, 2.45) is 5.73 Å². The Morgan fingerprint density at radius 2 is 2.00 bits per heavy atom. The number of aryl methyl sites for hydroxylation is 1. The highest BCUT2D eigenvalue weighted by molar-refractivity contribution is 7.98. The largest absolute Gasteiger partial charge is 0.382 e. The van der Waals surface area contributed by atoms with E-state index in [2.05, 4.69) is 9.97 Å². The summed E-state index contributed by atoms with van der Waals surface area (Å²) in [5.74, 6) is 0.705. The van der Waals surface area contributed by atoms with Crippen LogP contribution >= 0.6 is 23.4 Å². The quantitative estimate of drug-likeness (QED) is 0.393. The summed E-state index contributed by atoms with van der Waals surface area (Å²) in [4.78, 5) is 8.56. The molecule has 1 heterocycles. The Morgan fingerprint density at radius 1 is 1.32 bits per heavy atom. The van der Waals surface area contributed by atoms with E-state index in [-0.39, 0.29) is 5.84 Å². The molecule has 0 radical (unpaired) electrons. The third kappa shape index (κ3) is 3.94. The topological polar surface area (TPSA) is 75.7 Å². The molecule has 0 fully saturated rings. The first kappa shape index (κ1) is 13.8. The second-order valence-corrected chi connectivity index (χ2v) is 5.38. The summed E-state index contributed by atoms with van der Waals surface area (Å²) < 4.78 is 0. The fourth-order valence-electron chi connectivity index (χ4n) is 1.47. The Hall–Kier alpha value is -1.59. The number of amidine groups is 1. The SMILES string of the molecule is Cc1cc(C(=N)N)nc(SCc2ccc(Cl)cc2)n1. The minimum Gasteiger partial charge on any atom is -0.382 e. The number of rotatable bonds is 4. The summed E-state index contributed by atoms with van der Waals surface area (Å²) in [7, 11) is 0. The number of hydrogen-bond acceptors (Lipinski definition) is 4. The number of aromatic nitrogens is 2. The minimum atomic E-state index is -0.0427. The molecule has 0 amide bonds. The molecule has 1 aromatic heterocycles. The molecule has 0 unspecified atom stereocenters. The monoisotopic (exact) mass is 292 g/mol. The average molecular weight is 293 g/mol. The van der Waals surface area contributed by atoms with Gasteiger partial charge < -0.3 is 5.73 Å². The number of hydrogen-bond donors (Lipinski definition) is 2. The molecular weight excluding hydrogens is 280 g/mol. The lowest BCUT2D eigenvalue weighted by atomic mass is 10.2. The molecule has 0 atom stereocenters. The van der Waals surface area contributed by atoms with Crippen LogP contribution in [0.4, 0.5) is 0 Å². The molecule has 4 nitrogen and oxygen atoms in total. The molecule has 1 aromatic carbocycles. The molecule has 0 aliphatic carbocycles. The second-order valence-electron chi connectivity index (χ2n) is 4.01. The molecule has 0 saturated heterocycles. The summed E-state index contributed by atoms with van der Waals surface area (Å²) in [6.07, 6.45) is 0. The average Bonchev–Trinajstić information content (AvgIpc) is 2.37. The van der Waals surface area contributed by atoms with Crippen molar-refractivity contribution in [1.82, 2.24) is 9.97 Å². The van der Waals surface area contributed by atoms with E-state index >= 15 is 0 Å². The third-order valence-corrected chi connectivity index (χ3v) is 3.56. The number of nitrogens with two attached hydrogens (primary N) is 1. The Balaban J connectivity index is 2.11. The van der Waals surface area contributed by atoms with Gasteiger partial charge in [-0.2, -0.15) is 0 Å².